The second-order valence-electron chi connectivity index (χ2n) is 7.38. The van der Waals surface area contributed by atoms with Crippen LogP contribution in [0.25, 0.3) is 0 Å². The number of benzene rings is 2. The topological polar surface area (TPSA) is 46.2 Å². The number of rotatable bonds is 3. The SMILES string of the molecule is CC1(C)CC(=O)CC(c2ccc(Cl)cc2)C1NC(=O)c1ccccc1. The predicted octanol–water partition coefficient (Wildman–Crippen LogP) is 4.61. The van der Waals surface area contributed by atoms with Crippen molar-refractivity contribution in [1.82, 2.24) is 5.32 Å². The Kier molecular flexibility index (Phi) is 4.96. The van der Waals surface area contributed by atoms with E-state index in [0.717, 1.165) is 5.56 Å². The number of halogens is 1. The molecule has 1 N–H and O–H groups in total. The van der Waals surface area contributed by atoms with Crippen LogP contribution in [0.5, 0.6) is 0 Å². The van der Waals surface area contributed by atoms with Crippen LogP contribution in [0.2, 0.25) is 5.02 Å². The second kappa shape index (κ2) is 7.01. The van der Waals surface area contributed by atoms with Crippen LogP contribution in [0.3, 0.4) is 0 Å². The normalized spacial score (nSPS) is 22.4. The van der Waals surface area contributed by atoms with E-state index in [1.165, 1.54) is 0 Å². The monoisotopic (exact) mass is 355 g/mol. The molecule has 3 nitrogen and oxygen atoms in total. The van der Waals surface area contributed by atoms with Gasteiger partial charge < -0.3 is 5.32 Å². The molecule has 2 atom stereocenters. The van der Waals surface area contributed by atoms with Crippen LogP contribution in [0.1, 0.15) is 48.5 Å². The lowest BCUT2D eigenvalue weighted by Gasteiger charge is -2.44. The molecule has 1 saturated carbocycles. The summed E-state index contributed by atoms with van der Waals surface area (Å²) in [6.07, 6.45) is 0.904. The molecule has 0 saturated heterocycles. The Hall–Kier alpha value is -2.13. The molecule has 1 fully saturated rings. The van der Waals surface area contributed by atoms with Crippen LogP contribution in [0.4, 0.5) is 0 Å². The molecule has 1 aliphatic carbocycles. The summed E-state index contributed by atoms with van der Waals surface area (Å²) in [5.41, 5.74) is 1.35. The number of carbonyl (C=O) groups excluding carboxylic acids is 2. The molecule has 0 spiro atoms. The molecule has 0 heterocycles. The van der Waals surface area contributed by atoms with Crippen molar-refractivity contribution >= 4 is 23.3 Å². The summed E-state index contributed by atoms with van der Waals surface area (Å²) in [4.78, 5) is 25.0. The summed E-state index contributed by atoms with van der Waals surface area (Å²) >= 11 is 6.00. The van der Waals surface area contributed by atoms with Crippen molar-refractivity contribution in [2.45, 2.75) is 38.6 Å². The van der Waals surface area contributed by atoms with Gasteiger partial charge in [0, 0.05) is 35.4 Å². The van der Waals surface area contributed by atoms with Gasteiger partial charge in [-0.2, -0.15) is 0 Å². The van der Waals surface area contributed by atoms with E-state index in [0.29, 0.717) is 23.4 Å². The number of carbonyl (C=O) groups is 2. The fourth-order valence-electron chi connectivity index (χ4n) is 3.73. The molecular formula is C21H22ClNO2. The number of hydrogen-bond acceptors (Lipinski definition) is 2. The minimum Gasteiger partial charge on any atom is -0.348 e. The van der Waals surface area contributed by atoms with Crippen LogP contribution >= 0.6 is 11.6 Å². The van der Waals surface area contributed by atoms with Crippen molar-refractivity contribution in [3.05, 3.63) is 70.7 Å². The van der Waals surface area contributed by atoms with Crippen molar-refractivity contribution in [2.75, 3.05) is 0 Å². The molecule has 0 bridgehead atoms. The molecule has 2 aromatic rings. The van der Waals surface area contributed by atoms with Crippen molar-refractivity contribution in [1.29, 1.82) is 0 Å². The first-order valence-electron chi connectivity index (χ1n) is 8.50. The highest BCUT2D eigenvalue weighted by molar-refractivity contribution is 6.30. The van der Waals surface area contributed by atoms with Crippen LogP contribution in [0.15, 0.2) is 54.6 Å². The minimum atomic E-state index is -0.315. The molecule has 0 aliphatic heterocycles. The van der Waals surface area contributed by atoms with E-state index in [9.17, 15) is 9.59 Å². The quantitative estimate of drug-likeness (QED) is 0.873. The molecule has 0 aromatic heterocycles. The van der Waals surface area contributed by atoms with Gasteiger partial charge in [0.15, 0.2) is 0 Å². The second-order valence-corrected chi connectivity index (χ2v) is 7.82. The number of hydrogen-bond donors (Lipinski definition) is 1. The van der Waals surface area contributed by atoms with Gasteiger partial charge in [-0.05, 0) is 35.2 Å². The highest BCUT2D eigenvalue weighted by Crippen LogP contribution is 2.42. The number of amides is 1. The molecule has 0 radical (unpaired) electrons. The van der Waals surface area contributed by atoms with Crippen molar-refractivity contribution in [3.63, 3.8) is 0 Å². The lowest BCUT2D eigenvalue weighted by molar-refractivity contribution is -0.124. The zero-order valence-corrected chi connectivity index (χ0v) is 15.2. The number of nitrogens with one attached hydrogen (secondary N) is 1. The van der Waals surface area contributed by atoms with E-state index in [1.54, 1.807) is 12.1 Å². The first-order chi connectivity index (χ1) is 11.9. The third kappa shape index (κ3) is 3.93. The summed E-state index contributed by atoms with van der Waals surface area (Å²) in [6.45, 7) is 4.09. The average molecular weight is 356 g/mol. The van der Waals surface area contributed by atoms with E-state index in [4.69, 9.17) is 11.6 Å². The highest BCUT2D eigenvalue weighted by Gasteiger charge is 2.43. The number of ketones is 1. The maximum atomic E-state index is 12.7. The Balaban J connectivity index is 1.92. The molecular weight excluding hydrogens is 334 g/mol. The van der Waals surface area contributed by atoms with Crippen LogP contribution in [-0.4, -0.2) is 17.7 Å². The lowest BCUT2D eigenvalue weighted by atomic mass is 9.65. The van der Waals surface area contributed by atoms with Crippen molar-refractivity contribution < 1.29 is 9.59 Å². The molecule has 2 aromatic carbocycles. The molecule has 4 heteroatoms. The van der Waals surface area contributed by atoms with Crippen LogP contribution < -0.4 is 5.32 Å². The lowest BCUT2D eigenvalue weighted by Crippen LogP contribution is -2.52. The first kappa shape index (κ1) is 17.7. The van der Waals surface area contributed by atoms with E-state index >= 15 is 0 Å². The average Bonchev–Trinajstić information content (AvgIpc) is 2.58. The Morgan fingerprint density at radius 2 is 1.72 bits per heavy atom. The number of Topliss-reactive ketones (excluding diaryl/α,β-unsaturated/α-hetero) is 1. The zero-order valence-electron chi connectivity index (χ0n) is 14.5. The Morgan fingerprint density at radius 3 is 2.36 bits per heavy atom. The van der Waals surface area contributed by atoms with Gasteiger partial charge in [-0.1, -0.05) is 55.8 Å². The van der Waals surface area contributed by atoms with Gasteiger partial charge >= 0.3 is 0 Å². The molecule has 3 rings (SSSR count). The molecule has 1 amide bonds. The smallest absolute Gasteiger partial charge is 0.251 e. The van der Waals surface area contributed by atoms with E-state index in [1.807, 2.05) is 56.3 Å². The molecule has 130 valence electrons. The fraction of sp³-hybridized carbons (Fsp3) is 0.333. The van der Waals surface area contributed by atoms with Crippen LogP contribution in [-0.2, 0) is 4.79 Å². The van der Waals surface area contributed by atoms with Gasteiger partial charge in [0.25, 0.3) is 5.91 Å². The maximum absolute atomic E-state index is 12.7. The zero-order chi connectivity index (χ0) is 18.0. The predicted molar refractivity (Wildman–Crippen MR) is 99.9 cm³/mol. The third-order valence-electron chi connectivity index (χ3n) is 4.97. The van der Waals surface area contributed by atoms with E-state index < -0.39 is 0 Å². The van der Waals surface area contributed by atoms with Gasteiger partial charge in [-0.15, -0.1) is 0 Å². The van der Waals surface area contributed by atoms with Crippen molar-refractivity contribution in [2.24, 2.45) is 5.41 Å². The summed E-state index contributed by atoms with van der Waals surface area (Å²) in [5, 5.41) is 3.85. The van der Waals surface area contributed by atoms with Gasteiger partial charge in [-0.3, -0.25) is 9.59 Å². The Morgan fingerprint density at radius 1 is 1.08 bits per heavy atom. The van der Waals surface area contributed by atoms with E-state index in [2.05, 4.69) is 5.32 Å². The standard InChI is InChI=1S/C21H22ClNO2/c1-21(2)13-17(24)12-18(14-8-10-16(22)11-9-14)19(21)23-20(25)15-6-4-3-5-7-15/h3-11,18-19H,12-13H2,1-2H3,(H,23,25). The summed E-state index contributed by atoms with van der Waals surface area (Å²) in [5.74, 6) is 0.0725. The van der Waals surface area contributed by atoms with E-state index in [-0.39, 0.29) is 29.1 Å². The fourth-order valence-corrected chi connectivity index (χ4v) is 3.85. The maximum Gasteiger partial charge on any atom is 0.251 e. The Labute approximate surface area is 153 Å². The highest BCUT2D eigenvalue weighted by atomic mass is 35.5. The minimum absolute atomic E-state index is 0.0545. The molecule has 25 heavy (non-hydrogen) atoms. The third-order valence-corrected chi connectivity index (χ3v) is 5.22. The summed E-state index contributed by atoms with van der Waals surface area (Å²) in [7, 11) is 0. The Bertz CT molecular complexity index is 768. The largest absolute Gasteiger partial charge is 0.348 e. The summed E-state index contributed by atoms with van der Waals surface area (Å²) in [6, 6.07) is 16.6. The van der Waals surface area contributed by atoms with Crippen molar-refractivity contribution in [3.8, 4) is 0 Å². The molecule has 2 unspecified atom stereocenters. The van der Waals surface area contributed by atoms with Gasteiger partial charge in [0.1, 0.15) is 5.78 Å². The summed E-state index contributed by atoms with van der Waals surface area (Å²) < 4.78 is 0. The van der Waals surface area contributed by atoms with Gasteiger partial charge in [0.05, 0.1) is 0 Å². The van der Waals surface area contributed by atoms with Gasteiger partial charge in [-0.25, -0.2) is 0 Å². The molecule has 1 aliphatic rings. The van der Waals surface area contributed by atoms with Crippen LogP contribution in [0, 0.1) is 5.41 Å². The van der Waals surface area contributed by atoms with Gasteiger partial charge in [0.2, 0.25) is 0 Å². The first-order valence-corrected chi connectivity index (χ1v) is 8.88.